The minimum absolute atomic E-state index is 0.205. The molecule has 0 saturated carbocycles. The molecule has 4 heteroatoms. The van der Waals surface area contributed by atoms with E-state index < -0.39 is 17.5 Å². The van der Waals surface area contributed by atoms with Gasteiger partial charge in [0.25, 0.3) is 0 Å². The summed E-state index contributed by atoms with van der Waals surface area (Å²) >= 11 is 0. The zero-order valence-electron chi connectivity index (χ0n) is 8.53. The molecule has 1 saturated heterocycles. The molecule has 0 unspecified atom stereocenters. The van der Waals surface area contributed by atoms with Crippen molar-refractivity contribution < 1.29 is 19.4 Å². The third kappa shape index (κ3) is 1.52. The standard InChI is InChI=1S/C10H14O4/c1-4-7-5-6(2)10(3,9(12)13)14-8(7)11/h4,6H,5H2,1-3H3,(H,12,13)/b7-4+/t6-,10-/m1/s1. The first-order valence-electron chi connectivity index (χ1n) is 4.53. The zero-order chi connectivity index (χ0) is 10.9. The molecule has 1 fully saturated rings. The summed E-state index contributed by atoms with van der Waals surface area (Å²) in [5, 5.41) is 8.95. The average Bonchev–Trinajstić information content (AvgIpc) is 2.11. The van der Waals surface area contributed by atoms with E-state index in [1.54, 1.807) is 19.9 Å². The fourth-order valence-corrected chi connectivity index (χ4v) is 1.46. The van der Waals surface area contributed by atoms with Gasteiger partial charge in [-0.25, -0.2) is 9.59 Å². The largest absolute Gasteiger partial charge is 0.478 e. The summed E-state index contributed by atoms with van der Waals surface area (Å²) in [7, 11) is 0. The summed E-state index contributed by atoms with van der Waals surface area (Å²) in [5.41, 5.74) is -0.833. The van der Waals surface area contributed by atoms with Crippen LogP contribution in [0.3, 0.4) is 0 Å². The van der Waals surface area contributed by atoms with Crippen LogP contribution >= 0.6 is 0 Å². The van der Waals surface area contributed by atoms with Crippen LogP contribution in [0.2, 0.25) is 0 Å². The van der Waals surface area contributed by atoms with Crippen LogP contribution in [0.5, 0.6) is 0 Å². The van der Waals surface area contributed by atoms with Crippen molar-refractivity contribution in [3.63, 3.8) is 0 Å². The van der Waals surface area contributed by atoms with Gasteiger partial charge in [-0.3, -0.25) is 0 Å². The molecule has 1 heterocycles. The Hall–Kier alpha value is -1.32. The van der Waals surface area contributed by atoms with Crippen LogP contribution in [0.1, 0.15) is 27.2 Å². The topological polar surface area (TPSA) is 63.6 Å². The zero-order valence-corrected chi connectivity index (χ0v) is 8.53. The van der Waals surface area contributed by atoms with Crippen molar-refractivity contribution in [3.05, 3.63) is 11.6 Å². The molecule has 0 radical (unpaired) electrons. The summed E-state index contributed by atoms with van der Waals surface area (Å²) in [6, 6.07) is 0. The second-order valence-corrected chi connectivity index (χ2v) is 3.72. The Morgan fingerprint density at radius 2 is 2.29 bits per heavy atom. The van der Waals surface area contributed by atoms with Crippen LogP contribution in [-0.4, -0.2) is 22.6 Å². The smallest absolute Gasteiger partial charge is 0.348 e. The minimum atomic E-state index is -1.39. The number of hydrogen-bond acceptors (Lipinski definition) is 3. The van der Waals surface area contributed by atoms with E-state index in [2.05, 4.69) is 0 Å². The Morgan fingerprint density at radius 1 is 1.71 bits per heavy atom. The maximum atomic E-state index is 11.3. The van der Waals surface area contributed by atoms with Crippen LogP contribution in [-0.2, 0) is 14.3 Å². The van der Waals surface area contributed by atoms with Gasteiger partial charge in [-0.15, -0.1) is 0 Å². The maximum Gasteiger partial charge on any atom is 0.348 e. The van der Waals surface area contributed by atoms with E-state index in [0.717, 1.165) is 0 Å². The summed E-state index contributed by atoms with van der Waals surface area (Å²) in [5.74, 6) is -1.81. The van der Waals surface area contributed by atoms with Crippen molar-refractivity contribution >= 4 is 11.9 Å². The van der Waals surface area contributed by atoms with E-state index in [-0.39, 0.29) is 5.92 Å². The second kappa shape index (κ2) is 3.44. The van der Waals surface area contributed by atoms with E-state index >= 15 is 0 Å². The number of ether oxygens (including phenoxy) is 1. The summed E-state index contributed by atoms with van der Waals surface area (Å²) in [4.78, 5) is 22.3. The number of carbonyl (C=O) groups is 2. The van der Waals surface area contributed by atoms with Crippen LogP contribution in [0.4, 0.5) is 0 Å². The maximum absolute atomic E-state index is 11.3. The molecular weight excluding hydrogens is 184 g/mol. The summed E-state index contributed by atoms with van der Waals surface area (Å²) in [6.45, 7) is 4.95. The molecule has 0 bridgehead atoms. The predicted octanol–water partition coefficient (Wildman–Crippen LogP) is 1.36. The Kier molecular flexibility index (Phi) is 2.64. The van der Waals surface area contributed by atoms with E-state index in [1.165, 1.54) is 6.92 Å². The third-order valence-corrected chi connectivity index (χ3v) is 2.81. The number of carboxylic acid groups (broad SMARTS) is 1. The van der Waals surface area contributed by atoms with Gasteiger partial charge in [0, 0.05) is 11.5 Å². The first-order valence-corrected chi connectivity index (χ1v) is 4.53. The van der Waals surface area contributed by atoms with Gasteiger partial charge in [-0.05, 0) is 20.3 Å². The van der Waals surface area contributed by atoms with Crippen molar-refractivity contribution in [1.29, 1.82) is 0 Å². The first kappa shape index (κ1) is 10.8. The summed E-state index contributed by atoms with van der Waals surface area (Å²) < 4.78 is 4.94. The second-order valence-electron chi connectivity index (χ2n) is 3.72. The SMILES string of the molecule is C/C=C1\C[C@@H](C)[C@](C)(C(=O)O)OC1=O. The molecule has 0 aromatic heterocycles. The van der Waals surface area contributed by atoms with Gasteiger partial charge in [0.1, 0.15) is 0 Å². The minimum Gasteiger partial charge on any atom is -0.478 e. The Bertz CT molecular complexity index is 305. The molecule has 0 amide bonds. The molecule has 1 aliphatic rings. The molecule has 0 aromatic rings. The van der Waals surface area contributed by atoms with E-state index in [9.17, 15) is 9.59 Å². The van der Waals surface area contributed by atoms with Gasteiger partial charge in [-0.1, -0.05) is 13.0 Å². The van der Waals surface area contributed by atoms with Crippen molar-refractivity contribution in [1.82, 2.24) is 0 Å². The monoisotopic (exact) mass is 198 g/mol. The van der Waals surface area contributed by atoms with Crippen molar-refractivity contribution in [2.24, 2.45) is 5.92 Å². The number of hydrogen-bond donors (Lipinski definition) is 1. The first-order chi connectivity index (χ1) is 6.41. The Balaban J connectivity index is 2.97. The molecule has 0 spiro atoms. The van der Waals surface area contributed by atoms with Crippen molar-refractivity contribution in [2.45, 2.75) is 32.8 Å². The van der Waals surface area contributed by atoms with E-state index in [1.807, 2.05) is 0 Å². The van der Waals surface area contributed by atoms with Crippen molar-refractivity contribution in [2.75, 3.05) is 0 Å². The number of aliphatic carboxylic acids is 1. The number of cyclic esters (lactones) is 1. The summed E-state index contributed by atoms with van der Waals surface area (Å²) in [6.07, 6.45) is 2.12. The molecule has 1 N–H and O–H groups in total. The van der Waals surface area contributed by atoms with E-state index in [4.69, 9.17) is 9.84 Å². The van der Waals surface area contributed by atoms with Gasteiger partial charge >= 0.3 is 11.9 Å². The highest BCUT2D eigenvalue weighted by atomic mass is 16.6. The van der Waals surface area contributed by atoms with Crippen LogP contribution < -0.4 is 0 Å². The predicted molar refractivity (Wildman–Crippen MR) is 49.7 cm³/mol. The molecule has 0 aromatic carbocycles. The molecule has 2 atom stereocenters. The number of carboxylic acids is 1. The average molecular weight is 198 g/mol. The fraction of sp³-hybridized carbons (Fsp3) is 0.600. The van der Waals surface area contributed by atoms with Crippen LogP contribution in [0.15, 0.2) is 11.6 Å². The number of allylic oxidation sites excluding steroid dienone is 1. The van der Waals surface area contributed by atoms with Gasteiger partial charge in [0.2, 0.25) is 5.60 Å². The molecule has 1 rings (SSSR count). The lowest BCUT2D eigenvalue weighted by Gasteiger charge is -2.35. The number of rotatable bonds is 1. The Labute approximate surface area is 82.6 Å². The normalized spacial score (nSPS) is 35.5. The van der Waals surface area contributed by atoms with Gasteiger partial charge in [-0.2, -0.15) is 0 Å². The van der Waals surface area contributed by atoms with Crippen LogP contribution in [0.25, 0.3) is 0 Å². The molecular formula is C10H14O4. The fourth-order valence-electron chi connectivity index (χ4n) is 1.46. The lowest BCUT2D eigenvalue weighted by molar-refractivity contribution is -0.184. The van der Waals surface area contributed by atoms with Gasteiger partial charge in [0.15, 0.2) is 0 Å². The molecule has 0 aliphatic carbocycles. The van der Waals surface area contributed by atoms with Crippen LogP contribution in [0, 0.1) is 5.92 Å². The molecule has 78 valence electrons. The lowest BCUT2D eigenvalue weighted by atomic mass is 9.82. The molecule has 14 heavy (non-hydrogen) atoms. The van der Waals surface area contributed by atoms with E-state index in [0.29, 0.717) is 12.0 Å². The third-order valence-electron chi connectivity index (χ3n) is 2.81. The highest BCUT2D eigenvalue weighted by molar-refractivity contribution is 5.93. The van der Waals surface area contributed by atoms with Crippen molar-refractivity contribution in [3.8, 4) is 0 Å². The number of carbonyl (C=O) groups excluding carboxylic acids is 1. The number of esters is 1. The van der Waals surface area contributed by atoms with Gasteiger partial charge < -0.3 is 9.84 Å². The highest BCUT2D eigenvalue weighted by Crippen LogP contribution is 2.34. The molecule has 1 aliphatic heterocycles. The van der Waals surface area contributed by atoms with Gasteiger partial charge in [0.05, 0.1) is 0 Å². The lowest BCUT2D eigenvalue weighted by Crippen LogP contribution is -2.49. The quantitative estimate of drug-likeness (QED) is 0.510. The molecule has 4 nitrogen and oxygen atoms in total. The Morgan fingerprint density at radius 3 is 2.71 bits per heavy atom. The highest BCUT2D eigenvalue weighted by Gasteiger charge is 2.47.